The Morgan fingerprint density at radius 2 is 2.11 bits per heavy atom. The number of anilines is 1. The smallest absolute Gasteiger partial charge is 0.273 e. The summed E-state index contributed by atoms with van der Waals surface area (Å²) in [5, 5.41) is 0.649. The molecule has 0 aliphatic carbocycles. The van der Waals surface area contributed by atoms with Crippen molar-refractivity contribution in [3.8, 4) is 5.75 Å². The number of hydrogen-bond donors (Lipinski definition) is 2. The largest absolute Gasteiger partial charge is 1.00 e. The molecule has 0 aliphatic heterocycles. The molecule has 0 bridgehead atoms. The molecular formula is C12H13ClN3O2S-. The van der Waals surface area contributed by atoms with Gasteiger partial charge in [0, 0.05) is 11.1 Å². The van der Waals surface area contributed by atoms with Gasteiger partial charge in [-0.15, -0.1) is 11.3 Å². The molecule has 102 valence electrons. The third-order valence-electron chi connectivity index (χ3n) is 2.26. The average Bonchev–Trinajstić information content (AvgIpc) is 2.81. The summed E-state index contributed by atoms with van der Waals surface area (Å²) >= 11 is 1.47. The van der Waals surface area contributed by atoms with Crippen LogP contribution in [0.1, 0.15) is 15.2 Å². The Kier molecular flexibility index (Phi) is 5.59. The second-order valence-corrected chi connectivity index (χ2v) is 4.79. The molecule has 7 heteroatoms. The summed E-state index contributed by atoms with van der Waals surface area (Å²) in [7, 11) is 1.53. The van der Waals surface area contributed by atoms with Gasteiger partial charge < -0.3 is 17.1 Å². The first-order valence-corrected chi connectivity index (χ1v) is 6.14. The molecule has 0 atom stereocenters. The van der Waals surface area contributed by atoms with E-state index in [9.17, 15) is 4.79 Å². The van der Waals surface area contributed by atoms with Crippen molar-refractivity contribution in [3.63, 3.8) is 0 Å². The quantitative estimate of drug-likeness (QED) is 0.727. The summed E-state index contributed by atoms with van der Waals surface area (Å²) < 4.78 is 5.12. The van der Waals surface area contributed by atoms with Gasteiger partial charge in [-0.3, -0.25) is 15.6 Å². The fourth-order valence-corrected chi connectivity index (χ4v) is 2.04. The van der Waals surface area contributed by atoms with E-state index in [-0.39, 0.29) is 18.3 Å². The monoisotopic (exact) mass is 298 g/mol. The molecule has 0 fully saturated rings. The molecule has 19 heavy (non-hydrogen) atoms. The van der Waals surface area contributed by atoms with Crippen LogP contribution in [0.5, 0.6) is 5.75 Å². The fourth-order valence-electron chi connectivity index (χ4n) is 1.42. The molecule has 0 saturated heterocycles. The van der Waals surface area contributed by atoms with Crippen LogP contribution in [-0.4, -0.2) is 18.0 Å². The van der Waals surface area contributed by atoms with E-state index in [1.54, 1.807) is 24.4 Å². The molecule has 2 N–H and O–H groups in total. The fraction of sp³-hybridized carbons (Fsp3) is 0.167. The minimum atomic E-state index is -0.264. The van der Waals surface area contributed by atoms with Crippen LogP contribution in [0.2, 0.25) is 0 Å². The van der Waals surface area contributed by atoms with Crippen LogP contribution in [0.15, 0.2) is 30.5 Å². The Labute approximate surface area is 121 Å². The third kappa shape index (κ3) is 3.84. The Morgan fingerprint density at radius 1 is 1.37 bits per heavy atom. The summed E-state index contributed by atoms with van der Waals surface area (Å²) in [6, 6.07) is 7.03. The van der Waals surface area contributed by atoms with Crippen molar-refractivity contribution in [1.82, 2.24) is 10.4 Å². The van der Waals surface area contributed by atoms with Gasteiger partial charge in [0.1, 0.15) is 5.75 Å². The number of thiazole rings is 1. The Hall–Kier alpha value is -1.79. The molecule has 2 rings (SSSR count). The first-order valence-electron chi connectivity index (χ1n) is 5.32. The van der Waals surface area contributed by atoms with E-state index in [4.69, 9.17) is 4.74 Å². The summed E-state index contributed by atoms with van der Waals surface area (Å²) in [6.45, 7) is 1.95. The minimum Gasteiger partial charge on any atom is -1.00 e. The highest BCUT2D eigenvalue weighted by Gasteiger charge is 2.11. The number of halogens is 1. The SMILES string of the molecule is COc1ccccc1C(=O)NNc1ncc(C)s1.[Cl-]. The highest BCUT2D eigenvalue weighted by atomic mass is 35.5. The van der Waals surface area contributed by atoms with E-state index in [1.807, 2.05) is 13.0 Å². The molecule has 5 nitrogen and oxygen atoms in total. The lowest BCUT2D eigenvalue weighted by molar-refractivity contribution is -0.0000125. The number of hydrogen-bond acceptors (Lipinski definition) is 5. The second kappa shape index (κ2) is 6.96. The summed E-state index contributed by atoms with van der Waals surface area (Å²) in [5.74, 6) is 0.271. The number of aryl methyl sites for hydroxylation is 1. The molecule has 1 aromatic carbocycles. The van der Waals surface area contributed by atoms with Crippen LogP contribution in [-0.2, 0) is 0 Å². The summed E-state index contributed by atoms with van der Waals surface area (Å²) in [6.07, 6.45) is 1.74. The van der Waals surface area contributed by atoms with Gasteiger partial charge in [0.15, 0.2) is 0 Å². The van der Waals surface area contributed by atoms with Gasteiger partial charge in [0.25, 0.3) is 5.91 Å². The number of carbonyl (C=O) groups excluding carboxylic acids is 1. The topological polar surface area (TPSA) is 63.2 Å². The van der Waals surface area contributed by atoms with Crippen molar-refractivity contribution in [2.75, 3.05) is 12.5 Å². The van der Waals surface area contributed by atoms with E-state index < -0.39 is 0 Å². The van der Waals surface area contributed by atoms with E-state index in [0.717, 1.165) is 4.88 Å². The lowest BCUT2D eigenvalue weighted by Gasteiger charge is -2.08. The highest BCUT2D eigenvalue weighted by Crippen LogP contribution is 2.18. The lowest BCUT2D eigenvalue weighted by Crippen LogP contribution is -3.00. The van der Waals surface area contributed by atoms with Crippen molar-refractivity contribution in [3.05, 3.63) is 40.9 Å². The maximum absolute atomic E-state index is 11.9. The standard InChI is InChI=1S/C12H13N3O2S.ClH/c1-8-7-13-12(18-8)15-14-11(16)9-5-3-4-6-10(9)17-2;/h3-7H,1-2H3,(H,13,15)(H,14,16);1H/p-1. The third-order valence-corrected chi connectivity index (χ3v) is 3.08. The van der Waals surface area contributed by atoms with Gasteiger partial charge in [-0.1, -0.05) is 12.1 Å². The van der Waals surface area contributed by atoms with Crippen molar-refractivity contribution in [2.45, 2.75) is 6.92 Å². The number of carbonyl (C=O) groups is 1. The molecule has 0 saturated carbocycles. The number of para-hydroxylation sites is 1. The molecule has 1 amide bonds. The van der Waals surface area contributed by atoms with Gasteiger partial charge in [0.05, 0.1) is 12.7 Å². The van der Waals surface area contributed by atoms with Crippen molar-refractivity contribution in [1.29, 1.82) is 0 Å². The molecular weight excluding hydrogens is 286 g/mol. The number of rotatable bonds is 4. The van der Waals surface area contributed by atoms with E-state index >= 15 is 0 Å². The summed E-state index contributed by atoms with van der Waals surface area (Å²) in [4.78, 5) is 17.1. The summed E-state index contributed by atoms with van der Waals surface area (Å²) in [5.41, 5.74) is 5.82. The van der Waals surface area contributed by atoms with Crippen LogP contribution >= 0.6 is 11.3 Å². The zero-order valence-electron chi connectivity index (χ0n) is 10.4. The number of aromatic nitrogens is 1. The maximum atomic E-state index is 11.9. The first kappa shape index (κ1) is 15.3. The number of benzene rings is 1. The molecule has 2 aromatic rings. The Bertz CT molecular complexity index is 559. The highest BCUT2D eigenvalue weighted by molar-refractivity contribution is 7.15. The predicted molar refractivity (Wildman–Crippen MR) is 70.9 cm³/mol. The Morgan fingerprint density at radius 3 is 2.74 bits per heavy atom. The molecule has 0 unspecified atom stereocenters. The zero-order valence-corrected chi connectivity index (χ0v) is 12.0. The maximum Gasteiger partial charge on any atom is 0.273 e. The number of nitrogens with zero attached hydrogens (tertiary/aromatic N) is 1. The molecule has 0 aliphatic rings. The molecule has 1 aromatic heterocycles. The molecule has 0 radical (unpaired) electrons. The van der Waals surface area contributed by atoms with Crippen molar-refractivity contribution < 1.29 is 21.9 Å². The molecule has 0 spiro atoms. The minimum absolute atomic E-state index is 0. The van der Waals surface area contributed by atoms with E-state index in [2.05, 4.69) is 15.8 Å². The van der Waals surface area contributed by atoms with Gasteiger partial charge in [-0.05, 0) is 19.1 Å². The van der Waals surface area contributed by atoms with E-state index in [0.29, 0.717) is 16.4 Å². The van der Waals surface area contributed by atoms with Crippen LogP contribution in [0.4, 0.5) is 5.13 Å². The van der Waals surface area contributed by atoms with Gasteiger partial charge in [-0.25, -0.2) is 4.98 Å². The Balaban J connectivity index is 0.00000180. The van der Waals surface area contributed by atoms with Crippen molar-refractivity contribution in [2.24, 2.45) is 0 Å². The normalized spacial score (nSPS) is 9.37. The second-order valence-electron chi connectivity index (χ2n) is 3.56. The van der Waals surface area contributed by atoms with Crippen LogP contribution in [0.25, 0.3) is 0 Å². The predicted octanol–water partition coefficient (Wildman–Crippen LogP) is -0.779. The zero-order chi connectivity index (χ0) is 13.0. The van der Waals surface area contributed by atoms with Gasteiger partial charge in [-0.2, -0.15) is 0 Å². The number of nitrogens with one attached hydrogen (secondary N) is 2. The van der Waals surface area contributed by atoms with Crippen molar-refractivity contribution >= 4 is 22.4 Å². The van der Waals surface area contributed by atoms with Crippen LogP contribution in [0, 0.1) is 6.92 Å². The van der Waals surface area contributed by atoms with Crippen LogP contribution in [0.3, 0.4) is 0 Å². The number of amides is 1. The van der Waals surface area contributed by atoms with Gasteiger partial charge >= 0.3 is 0 Å². The number of hydrazine groups is 1. The number of ether oxygens (including phenoxy) is 1. The van der Waals surface area contributed by atoms with Gasteiger partial charge in [0.2, 0.25) is 5.13 Å². The molecule has 1 heterocycles. The van der Waals surface area contributed by atoms with Crippen LogP contribution < -0.4 is 28.0 Å². The lowest BCUT2D eigenvalue weighted by atomic mass is 10.2. The number of methoxy groups -OCH3 is 1. The average molecular weight is 299 g/mol. The first-order chi connectivity index (χ1) is 8.70. The van der Waals surface area contributed by atoms with E-state index in [1.165, 1.54) is 18.4 Å².